The smallest absolute Gasteiger partial charge is 0.299 e. The Bertz CT molecular complexity index is 567. The zero-order valence-corrected chi connectivity index (χ0v) is 12.3. The number of nitrogens with zero attached hydrogens (tertiary/aromatic N) is 1. The van der Waals surface area contributed by atoms with Crippen LogP contribution in [0.2, 0.25) is 0 Å². The van der Waals surface area contributed by atoms with Gasteiger partial charge in [0.25, 0.3) is 11.7 Å². The lowest BCUT2D eigenvalue weighted by Crippen LogP contribution is -2.36. The van der Waals surface area contributed by atoms with Crippen molar-refractivity contribution in [3.05, 3.63) is 27.7 Å². The number of hydrogen-bond acceptors (Lipinski definition) is 3. The lowest BCUT2D eigenvalue weighted by atomic mass is 10.1. The third-order valence-corrected chi connectivity index (χ3v) is 4.02. The molecule has 100 valence electrons. The Balaban J connectivity index is 1.85. The molecule has 3 rings (SSSR count). The van der Waals surface area contributed by atoms with Crippen LogP contribution in [-0.4, -0.2) is 30.8 Å². The van der Waals surface area contributed by atoms with Crippen molar-refractivity contribution in [2.45, 2.75) is 25.8 Å². The first-order valence-corrected chi connectivity index (χ1v) is 7.27. The molecular formula is C14H15BrN2O2. The largest absolute Gasteiger partial charge is 0.312 e. The van der Waals surface area contributed by atoms with E-state index in [1.807, 2.05) is 13.0 Å². The normalized spacial score (nSPS) is 18.1. The molecule has 1 aromatic rings. The second-order valence-corrected chi connectivity index (χ2v) is 6.05. The van der Waals surface area contributed by atoms with Crippen molar-refractivity contribution in [3.63, 3.8) is 0 Å². The van der Waals surface area contributed by atoms with Crippen LogP contribution in [0.3, 0.4) is 0 Å². The van der Waals surface area contributed by atoms with Gasteiger partial charge in [-0.3, -0.25) is 9.59 Å². The van der Waals surface area contributed by atoms with Crippen molar-refractivity contribution >= 4 is 33.3 Å². The minimum Gasteiger partial charge on any atom is -0.312 e. The molecule has 0 bridgehead atoms. The summed E-state index contributed by atoms with van der Waals surface area (Å²) in [5.74, 6) is -0.806. The van der Waals surface area contributed by atoms with E-state index in [-0.39, 0.29) is 0 Å². The van der Waals surface area contributed by atoms with Gasteiger partial charge in [-0.25, -0.2) is 0 Å². The van der Waals surface area contributed by atoms with Crippen LogP contribution in [0, 0.1) is 6.92 Å². The predicted molar refractivity (Wildman–Crippen MR) is 76.6 cm³/mol. The monoisotopic (exact) mass is 322 g/mol. The van der Waals surface area contributed by atoms with Crippen molar-refractivity contribution in [2.24, 2.45) is 0 Å². The van der Waals surface area contributed by atoms with E-state index in [9.17, 15) is 9.59 Å². The molecule has 1 aliphatic carbocycles. The van der Waals surface area contributed by atoms with Crippen LogP contribution in [0.5, 0.6) is 0 Å². The van der Waals surface area contributed by atoms with Gasteiger partial charge >= 0.3 is 0 Å². The minimum absolute atomic E-state index is 0.397. The van der Waals surface area contributed by atoms with Crippen LogP contribution in [-0.2, 0) is 4.79 Å². The fourth-order valence-electron chi connectivity index (χ4n) is 2.49. The highest BCUT2D eigenvalue weighted by atomic mass is 79.9. The molecule has 1 N–H and O–H groups in total. The molecular weight excluding hydrogens is 308 g/mol. The number of anilines is 1. The summed E-state index contributed by atoms with van der Waals surface area (Å²) in [5, 5.41) is 3.37. The Labute approximate surface area is 120 Å². The number of rotatable bonds is 4. The van der Waals surface area contributed by atoms with Crippen molar-refractivity contribution < 1.29 is 9.59 Å². The van der Waals surface area contributed by atoms with Gasteiger partial charge in [0.15, 0.2) is 0 Å². The van der Waals surface area contributed by atoms with E-state index in [0.717, 1.165) is 22.3 Å². The summed E-state index contributed by atoms with van der Waals surface area (Å²) < 4.78 is 0.836. The van der Waals surface area contributed by atoms with E-state index in [1.165, 1.54) is 12.8 Å². The zero-order valence-electron chi connectivity index (χ0n) is 10.7. The highest BCUT2D eigenvalue weighted by Crippen LogP contribution is 2.34. The predicted octanol–water partition coefficient (Wildman–Crippen LogP) is 2.04. The first-order valence-electron chi connectivity index (χ1n) is 6.47. The van der Waals surface area contributed by atoms with E-state index in [1.54, 1.807) is 11.0 Å². The molecule has 0 atom stereocenters. The summed E-state index contributed by atoms with van der Waals surface area (Å²) in [5.41, 5.74) is 2.24. The quantitative estimate of drug-likeness (QED) is 0.863. The van der Waals surface area contributed by atoms with Crippen LogP contribution in [0.1, 0.15) is 28.8 Å². The van der Waals surface area contributed by atoms with Crippen LogP contribution < -0.4 is 10.2 Å². The molecule has 1 fully saturated rings. The third kappa shape index (κ3) is 2.32. The molecule has 2 aliphatic rings. The Hall–Kier alpha value is -1.20. The fraction of sp³-hybridized carbons (Fsp3) is 0.429. The summed E-state index contributed by atoms with van der Waals surface area (Å²) in [7, 11) is 0. The first kappa shape index (κ1) is 12.8. The highest BCUT2D eigenvalue weighted by molar-refractivity contribution is 9.10. The van der Waals surface area contributed by atoms with Crippen LogP contribution in [0.25, 0.3) is 0 Å². The number of halogens is 1. The Morgan fingerprint density at radius 1 is 1.37 bits per heavy atom. The van der Waals surface area contributed by atoms with E-state index in [2.05, 4.69) is 21.2 Å². The standard InChI is InChI=1S/C14H15BrN2O2/c1-8-6-9(15)7-11-12(8)17(14(19)13(11)18)5-4-16-10-2-3-10/h6-7,10,16H,2-5H2,1H3. The summed E-state index contributed by atoms with van der Waals surface area (Å²) in [6, 6.07) is 4.28. The molecule has 5 heteroatoms. The van der Waals surface area contributed by atoms with E-state index in [0.29, 0.717) is 18.2 Å². The van der Waals surface area contributed by atoms with Gasteiger partial charge in [-0.2, -0.15) is 0 Å². The Morgan fingerprint density at radius 2 is 2.11 bits per heavy atom. The second-order valence-electron chi connectivity index (χ2n) is 5.13. The van der Waals surface area contributed by atoms with Gasteiger partial charge in [0, 0.05) is 23.6 Å². The summed E-state index contributed by atoms with van der Waals surface area (Å²) in [4.78, 5) is 25.6. The van der Waals surface area contributed by atoms with Gasteiger partial charge in [0.1, 0.15) is 0 Å². The fourth-order valence-corrected chi connectivity index (χ4v) is 3.06. The number of Topliss-reactive ketones (excluding diaryl/α,β-unsaturated/α-hetero) is 1. The lowest BCUT2D eigenvalue weighted by molar-refractivity contribution is -0.114. The van der Waals surface area contributed by atoms with Gasteiger partial charge in [-0.15, -0.1) is 0 Å². The number of ketones is 1. The van der Waals surface area contributed by atoms with Crippen molar-refractivity contribution in [1.82, 2.24) is 5.32 Å². The number of benzene rings is 1. The molecule has 19 heavy (non-hydrogen) atoms. The number of carbonyl (C=O) groups excluding carboxylic acids is 2. The number of amides is 1. The van der Waals surface area contributed by atoms with Gasteiger partial charge in [-0.1, -0.05) is 15.9 Å². The average molecular weight is 323 g/mol. The van der Waals surface area contributed by atoms with E-state index >= 15 is 0 Å². The van der Waals surface area contributed by atoms with Crippen LogP contribution in [0.15, 0.2) is 16.6 Å². The molecule has 0 spiro atoms. The summed E-state index contributed by atoms with van der Waals surface area (Å²) >= 11 is 3.37. The minimum atomic E-state index is -0.409. The highest BCUT2D eigenvalue weighted by Gasteiger charge is 2.37. The van der Waals surface area contributed by atoms with Gasteiger partial charge in [0.05, 0.1) is 11.3 Å². The molecule has 1 saturated carbocycles. The average Bonchev–Trinajstić information content (AvgIpc) is 3.13. The summed E-state index contributed by atoms with van der Waals surface area (Å²) in [6.45, 7) is 3.21. The summed E-state index contributed by atoms with van der Waals surface area (Å²) in [6.07, 6.45) is 2.44. The van der Waals surface area contributed by atoms with Crippen molar-refractivity contribution in [1.29, 1.82) is 0 Å². The van der Waals surface area contributed by atoms with Gasteiger partial charge in [0.2, 0.25) is 0 Å². The zero-order chi connectivity index (χ0) is 13.6. The number of hydrogen-bond donors (Lipinski definition) is 1. The SMILES string of the molecule is Cc1cc(Br)cc2c1N(CCNC1CC1)C(=O)C2=O. The Kier molecular flexibility index (Phi) is 3.19. The first-order chi connectivity index (χ1) is 9.08. The maximum atomic E-state index is 12.1. The molecule has 0 aromatic heterocycles. The molecule has 1 heterocycles. The van der Waals surface area contributed by atoms with Crippen molar-refractivity contribution in [2.75, 3.05) is 18.0 Å². The van der Waals surface area contributed by atoms with Crippen molar-refractivity contribution in [3.8, 4) is 0 Å². The molecule has 4 nitrogen and oxygen atoms in total. The van der Waals surface area contributed by atoms with Crippen LogP contribution >= 0.6 is 15.9 Å². The van der Waals surface area contributed by atoms with E-state index in [4.69, 9.17) is 0 Å². The molecule has 0 radical (unpaired) electrons. The van der Waals surface area contributed by atoms with Gasteiger partial charge in [-0.05, 0) is 37.5 Å². The molecule has 1 aliphatic heterocycles. The lowest BCUT2D eigenvalue weighted by Gasteiger charge is -2.18. The van der Waals surface area contributed by atoms with E-state index < -0.39 is 11.7 Å². The Morgan fingerprint density at radius 3 is 2.79 bits per heavy atom. The number of aryl methyl sites for hydroxylation is 1. The number of fused-ring (bicyclic) bond motifs is 1. The molecule has 1 aromatic carbocycles. The number of nitrogens with one attached hydrogen (secondary N) is 1. The topological polar surface area (TPSA) is 49.4 Å². The second kappa shape index (κ2) is 4.72. The molecule has 0 unspecified atom stereocenters. The van der Waals surface area contributed by atoms with Gasteiger partial charge < -0.3 is 10.2 Å². The maximum Gasteiger partial charge on any atom is 0.299 e. The third-order valence-electron chi connectivity index (χ3n) is 3.56. The molecule has 0 saturated heterocycles. The molecule has 1 amide bonds. The number of carbonyl (C=O) groups is 2. The maximum absolute atomic E-state index is 12.1. The van der Waals surface area contributed by atoms with Crippen LogP contribution in [0.4, 0.5) is 5.69 Å².